The Morgan fingerprint density at radius 2 is 1.87 bits per heavy atom. The third-order valence-corrected chi connectivity index (χ3v) is 2.89. The Bertz CT molecular complexity index is 411. The Morgan fingerprint density at radius 1 is 1.13 bits per heavy atom. The summed E-state index contributed by atoms with van der Waals surface area (Å²) in [6, 6.07) is 0. The van der Waals surface area contributed by atoms with Gasteiger partial charge < -0.3 is 4.90 Å². The molecule has 2 nitrogen and oxygen atoms in total. The van der Waals surface area contributed by atoms with Gasteiger partial charge in [0, 0.05) is 24.4 Å². The van der Waals surface area contributed by atoms with Crippen molar-refractivity contribution in [1.82, 2.24) is 4.90 Å². The van der Waals surface area contributed by atoms with Gasteiger partial charge in [0.05, 0.1) is 0 Å². The van der Waals surface area contributed by atoms with Crippen molar-refractivity contribution < 1.29 is 4.79 Å². The minimum Gasteiger partial charge on any atom is -0.357 e. The van der Waals surface area contributed by atoms with Crippen molar-refractivity contribution in [1.29, 1.82) is 0 Å². The predicted octanol–water partition coefficient (Wildman–Crippen LogP) is 2.60. The summed E-state index contributed by atoms with van der Waals surface area (Å²) < 4.78 is 0. The standard InChI is InChI=1S/C12H11NOS/c1-13-8-6-10(7-9-13)2-3-11-4-5-12(14)15-11/h2-9H,1H3/b11-3+. The van der Waals surface area contributed by atoms with Crippen molar-refractivity contribution >= 4 is 16.9 Å². The highest BCUT2D eigenvalue weighted by Crippen LogP contribution is 2.25. The summed E-state index contributed by atoms with van der Waals surface area (Å²) in [4.78, 5) is 13.9. The van der Waals surface area contributed by atoms with Crippen molar-refractivity contribution in [3.05, 3.63) is 59.3 Å². The highest BCUT2D eigenvalue weighted by Gasteiger charge is 2.07. The summed E-state index contributed by atoms with van der Waals surface area (Å²) in [5, 5.41) is 0.106. The van der Waals surface area contributed by atoms with Crippen LogP contribution in [0.4, 0.5) is 0 Å². The number of thioether (sulfide) groups is 1. The van der Waals surface area contributed by atoms with Crippen LogP contribution in [-0.2, 0) is 4.79 Å². The van der Waals surface area contributed by atoms with Crippen molar-refractivity contribution in [2.45, 2.75) is 0 Å². The third-order valence-electron chi connectivity index (χ3n) is 2.05. The second kappa shape index (κ2) is 4.36. The summed E-state index contributed by atoms with van der Waals surface area (Å²) in [5.41, 5.74) is 1.13. The van der Waals surface area contributed by atoms with Crippen LogP contribution in [-0.4, -0.2) is 17.1 Å². The highest BCUT2D eigenvalue weighted by molar-refractivity contribution is 8.17. The molecule has 0 aromatic heterocycles. The number of hydrogen-bond acceptors (Lipinski definition) is 3. The van der Waals surface area contributed by atoms with E-state index in [1.807, 2.05) is 54.7 Å². The largest absolute Gasteiger partial charge is 0.357 e. The van der Waals surface area contributed by atoms with Crippen molar-refractivity contribution in [3.63, 3.8) is 0 Å². The molecule has 0 aliphatic carbocycles. The normalized spacial score (nSPS) is 21.9. The zero-order valence-electron chi connectivity index (χ0n) is 8.38. The summed E-state index contributed by atoms with van der Waals surface area (Å²) >= 11 is 1.26. The van der Waals surface area contributed by atoms with Crippen molar-refractivity contribution in [3.8, 4) is 0 Å². The molecule has 0 saturated heterocycles. The van der Waals surface area contributed by atoms with Gasteiger partial charge in [-0.1, -0.05) is 6.08 Å². The summed E-state index contributed by atoms with van der Waals surface area (Å²) in [6.07, 6.45) is 15.4. The van der Waals surface area contributed by atoms with Gasteiger partial charge in [0.25, 0.3) is 0 Å². The molecule has 0 radical (unpaired) electrons. The third kappa shape index (κ3) is 2.73. The second-order valence-electron chi connectivity index (χ2n) is 3.29. The summed E-state index contributed by atoms with van der Waals surface area (Å²) in [7, 11) is 1.98. The molecule has 0 aromatic carbocycles. The first-order valence-electron chi connectivity index (χ1n) is 4.64. The number of rotatable bonds is 1. The molecule has 0 spiro atoms. The second-order valence-corrected chi connectivity index (χ2v) is 4.36. The molecule has 0 saturated carbocycles. The lowest BCUT2D eigenvalue weighted by Gasteiger charge is -2.11. The van der Waals surface area contributed by atoms with E-state index in [1.54, 1.807) is 6.08 Å². The number of allylic oxidation sites excluding steroid dienone is 6. The van der Waals surface area contributed by atoms with Gasteiger partial charge in [0.1, 0.15) is 0 Å². The Hall–Kier alpha value is -1.48. The molecule has 2 rings (SSSR count). The number of nitrogens with zero attached hydrogens (tertiary/aromatic N) is 1. The van der Waals surface area contributed by atoms with Gasteiger partial charge in [-0.05, 0) is 47.7 Å². The van der Waals surface area contributed by atoms with Crippen LogP contribution in [0.5, 0.6) is 0 Å². The molecule has 0 N–H and O–H groups in total. The lowest BCUT2D eigenvalue weighted by molar-refractivity contribution is -0.106. The molecule has 15 heavy (non-hydrogen) atoms. The van der Waals surface area contributed by atoms with E-state index in [0.29, 0.717) is 0 Å². The number of carbonyl (C=O) groups is 1. The van der Waals surface area contributed by atoms with Crippen LogP contribution in [0.15, 0.2) is 59.3 Å². The predicted molar refractivity (Wildman–Crippen MR) is 63.9 cm³/mol. The molecule has 0 bridgehead atoms. The maximum atomic E-state index is 10.9. The fraction of sp³-hybridized carbons (Fsp3) is 0.0833. The fourth-order valence-electron chi connectivity index (χ4n) is 1.23. The zero-order valence-corrected chi connectivity index (χ0v) is 9.20. The molecule has 76 valence electrons. The maximum absolute atomic E-state index is 10.9. The van der Waals surface area contributed by atoms with Crippen molar-refractivity contribution in [2.24, 2.45) is 0 Å². The Labute approximate surface area is 93.3 Å². The Morgan fingerprint density at radius 3 is 2.47 bits per heavy atom. The lowest BCUT2D eigenvalue weighted by Crippen LogP contribution is -2.02. The van der Waals surface area contributed by atoms with E-state index in [2.05, 4.69) is 0 Å². The first-order chi connectivity index (χ1) is 7.24. The van der Waals surface area contributed by atoms with Crippen molar-refractivity contribution in [2.75, 3.05) is 7.05 Å². The topological polar surface area (TPSA) is 20.3 Å². The number of carbonyl (C=O) groups excluding carboxylic acids is 1. The monoisotopic (exact) mass is 217 g/mol. The fourth-order valence-corrected chi connectivity index (χ4v) is 1.87. The van der Waals surface area contributed by atoms with Gasteiger partial charge in [-0.2, -0.15) is 0 Å². The van der Waals surface area contributed by atoms with E-state index in [0.717, 1.165) is 10.5 Å². The van der Waals surface area contributed by atoms with Crippen LogP contribution >= 0.6 is 11.8 Å². The summed E-state index contributed by atoms with van der Waals surface area (Å²) in [6.45, 7) is 0. The first-order valence-corrected chi connectivity index (χ1v) is 5.46. The van der Waals surface area contributed by atoms with Crippen LogP contribution in [0.2, 0.25) is 0 Å². The Balaban J connectivity index is 2.06. The van der Waals surface area contributed by atoms with Crippen LogP contribution in [0.1, 0.15) is 0 Å². The molecule has 2 aliphatic heterocycles. The van der Waals surface area contributed by atoms with E-state index in [9.17, 15) is 4.79 Å². The number of hydrogen-bond donors (Lipinski definition) is 0. The quantitative estimate of drug-likeness (QED) is 0.673. The van der Waals surface area contributed by atoms with Crippen LogP contribution in [0.25, 0.3) is 0 Å². The molecule has 2 aliphatic rings. The SMILES string of the molecule is CN1C=CC(=C/C=C2\C=CC(=O)S2)C=C1. The van der Waals surface area contributed by atoms with Gasteiger partial charge in [0.15, 0.2) is 0 Å². The molecule has 2 heterocycles. The van der Waals surface area contributed by atoms with Gasteiger partial charge in [-0.3, -0.25) is 4.79 Å². The van der Waals surface area contributed by atoms with E-state index in [1.165, 1.54) is 11.8 Å². The summed E-state index contributed by atoms with van der Waals surface area (Å²) in [5.74, 6) is 0. The molecule has 0 amide bonds. The smallest absolute Gasteiger partial charge is 0.216 e. The highest BCUT2D eigenvalue weighted by atomic mass is 32.2. The van der Waals surface area contributed by atoms with E-state index < -0.39 is 0 Å². The van der Waals surface area contributed by atoms with E-state index >= 15 is 0 Å². The zero-order chi connectivity index (χ0) is 10.7. The lowest BCUT2D eigenvalue weighted by atomic mass is 10.2. The van der Waals surface area contributed by atoms with Gasteiger partial charge in [0.2, 0.25) is 5.12 Å². The minimum absolute atomic E-state index is 0.106. The molecule has 3 heteroatoms. The van der Waals surface area contributed by atoms with Gasteiger partial charge in [-0.15, -0.1) is 0 Å². The van der Waals surface area contributed by atoms with Gasteiger partial charge >= 0.3 is 0 Å². The molecule has 0 fully saturated rings. The van der Waals surface area contributed by atoms with Crippen LogP contribution in [0.3, 0.4) is 0 Å². The minimum atomic E-state index is 0.106. The van der Waals surface area contributed by atoms with Gasteiger partial charge in [-0.25, -0.2) is 0 Å². The van der Waals surface area contributed by atoms with Crippen LogP contribution < -0.4 is 0 Å². The van der Waals surface area contributed by atoms with E-state index in [-0.39, 0.29) is 5.12 Å². The van der Waals surface area contributed by atoms with E-state index in [4.69, 9.17) is 0 Å². The molecule has 0 unspecified atom stereocenters. The molecule has 0 atom stereocenters. The average molecular weight is 217 g/mol. The maximum Gasteiger partial charge on any atom is 0.216 e. The molecular weight excluding hydrogens is 206 g/mol. The Kier molecular flexibility index (Phi) is 2.92. The average Bonchev–Trinajstić information content (AvgIpc) is 2.64. The molecular formula is C12H11NOS. The van der Waals surface area contributed by atoms with Crippen LogP contribution in [0, 0.1) is 0 Å². The first kappa shape index (κ1) is 10.1. The molecule has 0 aromatic rings.